The van der Waals surface area contributed by atoms with E-state index in [0.29, 0.717) is 11.1 Å². The summed E-state index contributed by atoms with van der Waals surface area (Å²) < 4.78 is 17.9. The minimum absolute atomic E-state index is 0.00735. The molecule has 0 N–H and O–H groups in total. The number of aliphatic imine (C=N–C) groups is 1. The molecule has 0 aromatic heterocycles. The largest absolute Gasteiger partial charge is 0.402 e. The lowest BCUT2D eigenvalue weighted by atomic mass is 10.2. The van der Waals surface area contributed by atoms with E-state index in [1.54, 1.807) is 6.07 Å². The number of hydrogen-bond donors (Lipinski definition) is 0. The van der Waals surface area contributed by atoms with Gasteiger partial charge in [-0.2, -0.15) is 0 Å². The Labute approximate surface area is 129 Å². The van der Waals surface area contributed by atoms with Crippen molar-refractivity contribution in [2.45, 2.75) is 0 Å². The summed E-state index contributed by atoms with van der Waals surface area (Å²) in [5.41, 5.74) is 0.827. The predicted octanol–water partition coefficient (Wildman–Crippen LogP) is 3.08. The van der Waals surface area contributed by atoms with E-state index in [1.807, 2.05) is 0 Å². The Bertz CT molecular complexity index is 857. The van der Waals surface area contributed by atoms with Crippen molar-refractivity contribution in [3.05, 3.63) is 81.3 Å². The zero-order valence-electron chi connectivity index (χ0n) is 11.6. The number of esters is 1. The second kappa shape index (κ2) is 5.80. The molecule has 0 aliphatic carbocycles. The molecule has 0 unspecified atom stereocenters. The molecule has 1 aliphatic rings. The second-order valence-corrected chi connectivity index (χ2v) is 4.70. The number of cyclic esters (lactones) is 1. The average Bonchev–Trinajstić information content (AvgIpc) is 2.91. The van der Waals surface area contributed by atoms with Gasteiger partial charge >= 0.3 is 5.97 Å². The van der Waals surface area contributed by atoms with Gasteiger partial charge in [0.05, 0.1) is 4.92 Å². The normalized spacial score (nSPS) is 15.4. The molecular weight excluding hydrogens is 303 g/mol. The highest BCUT2D eigenvalue weighted by Crippen LogP contribution is 2.21. The molecule has 7 heteroatoms. The minimum Gasteiger partial charge on any atom is -0.402 e. The van der Waals surface area contributed by atoms with Crippen molar-refractivity contribution >= 4 is 23.6 Å². The third-order valence-electron chi connectivity index (χ3n) is 3.10. The van der Waals surface area contributed by atoms with Crippen LogP contribution < -0.4 is 0 Å². The van der Waals surface area contributed by atoms with Gasteiger partial charge in [0.1, 0.15) is 5.82 Å². The lowest BCUT2D eigenvalue weighted by molar-refractivity contribution is -0.384. The van der Waals surface area contributed by atoms with Crippen molar-refractivity contribution in [1.29, 1.82) is 0 Å². The molecule has 0 spiro atoms. The van der Waals surface area contributed by atoms with Gasteiger partial charge in [0.15, 0.2) is 5.70 Å². The maximum atomic E-state index is 12.9. The number of nitro benzene ring substituents is 1. The van der Waals surface area contributed by atoms with Crippen molar-refractivity contribution in [3.8, 4) is 0 Å². The molecule has 0 saturated heterocycles. The Morgan fingerprint density at radius 3 is 2.61 bits per heavy atom. The van der Waals surface area contributed by atoms with Gasteiger partial charge in [-0.25, -0.2) is 14.2 Å². The Morgan fingerprint density at radius 2 is 1.91 bits per heavy atom. The summed E-state index contributed by atoms with van der Waals surface area (Å²) in [6, 6.07) is 11.1. The van der Waals surface area contributed by atoms with Gasteiger partial charge in [0.2, 0.25) is 5.90 Å². The van der Waals surface area contributed by atoms with Gasteiger partial charge in [-0.1, -0.05) is 18.2 Å². The first-order valence-electron chi connectivity index (χ1n) is 6.56. The molecule has 0 amide bonds. The number of nitrogens with zero attached hydrogens (tertiary/aromatic N) is 2. The summed E-state index contributed by atoms with van der Waals surface area (Å²) in [5.74, 6) is -1.06. The van der Waals surface area contributed by atoms with Crippen molar-refractivity contribution < 1.29 is 18.8 Å². The number of halogens is 1. The molecule has 1 heterocycles. The molecule has 0 saturated carbocycles. The Kier molecular flexibility index (Phi) is 3.68. The van der Waals surface area contributed by atoms with Crippen LogP contribution in [-0.4, -0.2) is 16.8 Å². The monoisotopic (exact) mass is 312 g/mol. The number of rotatable bonds is 3. The van der Waals surface area contributed by atoms with Crippen molar-refractivity contribution in [2.75, 3.05) is 0 Å². The van der Waals surface area contributed by atoms with E-state index >= 15 is 0 Å². The van der Waals surface area contributed by atoms with Crippen LogP contribution in [0.4, 0.5) is 10.1 Å². The summed E-state index contributed by atoms with van der Waals surface area (Å²) in [4.78, 5) is 26.1. The SMILES string of the molecule is O=C1OC(c2cccc([N+](=O)[O-])c2)=N/C1=C/c1ccc(F)cc1. The zero-order valence-corrected chi connectivity index (χ0v) is 11.6. The molecule has 6 nitrogen and oxygen atoms in total. The highest BCUT2D eigenvalue weighted by Gasteiger charge is 2.25. The van der Waals surface area contributed by atoms with Gasteiger partial charge in [0, 0.05) is 17.7 Å². The third kappa shape index (κ3) is 3.13. The summed E-state index contributed by atoms with van der Waals surface area (Å²) in [7, 11) is 0. The summed E-state index contributed by atoms with van der Waals surface area (Å²) in [6.45, 7) is 0. The van der Waals surface area contributed by atoms with Crippen LogP contribution in [0.5, 0.6) is 0 Å². The molecule has 23 heavy (non-hydrogen) atoms. The zero-order chi connectivity index (χ0) is 16.4. The number of hydrogen-bond acceptors (Lipinski definition) is 5. The van der Waals surface area contributed by atoms with E-state index in [9.17, 15) is 19.3 Å². The molecule has 1 aliphatic heterocycles. The second-order valence-electron chi connectivity index (χ2n) is 4.70. The predicted molar refractivity (Wildman–Crippen MR) is 80.1 cm³/mol. The fraction of sp³-hybridized carbons (Fsp3) is 0. The highest BCUT2D eigenvalue weighted by atomic mass is 19.1. The maximum Gasteiger partial charge on any atom is 0.363 e. The van der Waals surface area contributed by atoms with Crippen LogP contribution in [0.15, 0.2) is 59.2 Å². The Hall–Kier alpha value is -3.35. The maximum absolute atomic E-state index is 12.9. The first-order chi connectivity index (χ1) is 11.0. The molecule has 2 aromatic rings. The lowest BCUT2D eigenvalue weighted by Gasteiger charge is -1.98. The molecular formula is C16H9FN2O4. The van der Waals surface area contributed by atoms with Gasteiger partial charge in [-0.15, -0.1) is 0 Å². The van der Waals surface area contributed by atoms with E-state index in [4.69, 9.17) is 4.74 Å². The summed E-state index contributed by atoms with van der Waals surface area (Å²) in [5, 5.41) is 10.8. The molecule has 0 radical (unpaired) electrons. The number of carbonyl (C=O) groups excluding carboxylic acids is 1. The number of ether oxygens (including phenoxy) is 1. The first kappa shape index (κ1) is 14.6. The molecule has 0 fully saturated rings. The topological polar surface area (TPSA) is 81.8 Å². The van der Waals surface area contributed by atoms with Crippen molar-refractivity contribution in [2.24, 2.45) is 4.99 Å². The Morgan fingerprint density at radius 1 is 1.17 bits per heavy atom. The minimum atomic E-state index is -0.671. The third-order valence-corrected chi connectivity index (χ3v) is 3.10. The van der Waals surface area contributed by atoms with E-state index in [1.165, 1.54) is 48.5 Å². The van der Waals surface area contributed by atoms with Crippen LogP contribution in [0.25, 0.3) is 6.08 Å². The molecule has 0 bridgehead atoms. The number of benzene rings is 2. The van der Waals surface area contributed by atoms with Crippen molar-refractivity contribution in [3.63, 3.8) is 0 Å². The van der Waals surface area contributed by atoms with E-state index in [0.717, 1.165) is 0 Å². The first-order valence-corrected chi connectivity index (χ1v) is 6.56. The van der Waals surface area contributed by atoms with Crippen LogP contribution in [0, 0.1) is 15.9 Å². The summed E-state index contributed by atoms with van der Waals surface area (Å²) in [6.07, 6.45) is 1.45. The van der Waals surface area contributed by atoms with Crippen LogP contribution in [-0.2, 0) is 9.53 Å². The molecule has 114 valence electrons. The number of nitro groups is 1. The van der Waals surface area contributed by atoms with Crippen molar-refractivity contribution in [1.82, 2.24) is 0 Å². The molecule has 2 aromatic carbocycles. The van der Waals surface area contributed by atoms with Crippen LogP contribution in [0.3, 0.4) is 0 Å². The fourth-order valence-electron chi connectivity index (χ4n) is 2.00. The molecule has 3 rings (SSSR count). The van der Waals surface area contributed by atoms with Crippen LogP contribution >= 0.6 is 0 Å². The quantitative estimate of drug-likeness (QED) is 0.377. The van der Waals surface area contributed by atoms with E-state index in [2.05, 4.69) is 4.99 Å². The lowest BCUT2D eigenvalue weighted by Crippen LogP contribution is -2.05. The Balaban J connectivity index is 1.93. The van der Waals surface area contributed by atoms with Gasteiger partial charge in [-0.3, -0.25) is 10.1 Å². The number of carbonyl (C=O) groups is 1. The average molecular weight is 312 g/mol. The molecule has 0 atom stereocenters. The van der Waals surface area contributed by atoms with Gasteiger partial charge in [0.25, 0.3) is 5.69 Å². The van der Waals surface area contributed by atoms with E-state index in [-0.39, 0.29) is 23.1 Å². The standard InChI is InChI=1S/C16H9FN2O4/c17-12-6-4-10(5-7-12)8-14-16(20)23-15(18-14)11-2-1-3-13(9-11)19(21)22/h1-9H/b14-8+. The van der Waals surface area contributed by atoms with Gasteiger partial charge < -0.3 is 4.74 Å². The smallest absolute Gasteiger partial charge is 0.363 e. The highest BCUT2D eigenvalue weighted by molar-refractivity contribution is 6.13. The fourth-order valence-corrected chi connectivity index (χ4v) is 2.00. The van der Waals surface area contributed by atoms with Crippen LogP contribution in [0.1, 0.15) is 11.1 Å². The number of non-ortho nitro benzene ring substituents is 1. The van der Waals surface area contributed by atoms with Gasteiger partial charge in [-0.05, 0) is 29.8 Å². The summed E-state index contributed by atoms with van der Waals surface area (Å²) >= 11 is 0. The van der Waals surface area contributed by atoms with Crippen LogP contribution in [0.2, 0.25) is 0 Å². The van der Waals surface area contributed by atoms with E-state index < -0.39 is 10.9 Å².